The molecule has 0 saturated carbocycles. The van der Waals surface area contributed by atoms with Gasteiger partial charge in [0.2, 0.25) is 11.8 Å². The fraction of sp³-hybridized carbons (Fsp3) is 0.480. The highest BCUT2D eigenvalue weighted by molar-refractivity contribution is 5.97. The number of carbonyl (C=O) groups is 2. The molecule has 0 aliphatic carbocycles. The average molecular weight is 785 g/mol. The fourth-order valence-corrected chi connectivity index (χ4v) is 8.20. The molecule has 3 aromatic rings. The number of carbonyl (C=O) groups excluding carboxylic acids is 2. The molecule has 0 aromatic carbocycles. The number of rotatable bonds is 20. The minimum Gasteiger partial charge on any atom is -0.355 e. The molecule has 0 fully saturated rings. The Labute approximate surface area is 347 Å². The third-order valence-corrected chi connectivity index (χ3v) is 12.1. The van der Waals surface area contributed by atoms with Gasteiger partial charge in [-0.25, -0.2) is 9.97 Å². The van der Waals surface area contributed by atoms with Gasteiger partial charge in [0, 0.05) is 72.2 Å². The first-order valence-electron chi connectivity index (χ1n) is 22.0. The first-order valence-corrected chi connectivity index (χ1v) is 22.0. The van der Waals surface area contributed by atoms with Gasteiger partial charge in [0.1, 0.15) is 0 Å². The number of hydrogen-bond acceptors (Lipinski definition) is 4. The van der Waals surface area contributed by atoms with E-state index in [0.29, 0.717) is 25.7 Å². The number of aryl methyl sites for hydroxylation is 2. The maximum Gasteiger partial charge on any atom is 0.222 e. The number of fused-ring (bicyclic) bond motifs is 8. The van der Waals surface area contributed by atoms with E-state index in [0.717, 1.165) is 167 Å². The molecule has 5 heterocycles. The minimum atomic E-state index is 0.194. The lowest BCUT2D eigenvalue weighted by Crippen LogP contribution is -2.32. The van der Waals surface area contributed by atoms with Crippen LogP contribution in [-0.4, -0.2) is 67.7 Å². The highest BCUT2D eigenvalue weighted by Crippen LogP contribution is 2.38. The minimum absolute atomic E-state index is 0.194. The molecule has 3 aromatic heterocycles. The van der Waals surface area contributed by atoms with Crippen molar-refractivity contribution in [2.75, 3.05) is 26.2 Å². The van der Waals surface area contributed by atoms with Gasteiger partial charge in [0.25, 0.3) is 0 Å². The number of amides is 2. The number of aromatic amines is 2. The zero-order chi connectivity index (χ0) is 41.9. The third kappa shape index (κ3) is 9.99. The molecule has 5 rings (SSSR count). The van der Waals surface area contributed by atoms with Crippen molar-refractivity contribution in [3.8, 4) is 0 Å². The van der Waals surface area contributed by atoms with Crippen LogP contribution in [0.4, 0.5) is 0 Å². The lowest BCUT2D eigenvalue weighted by atomic mass is 9.97. The number of aromatic nitrogens is 4. The summed E-state index contributed by atoms with van der Waals surface area (Å²) in [6, 6.07) is 8.50. The number of unbranched alkanes of at least 4 members (excludes halogenated alkanes) is 4. The van der Waals surface area contributed by atoms with Gasteiger partial charge in [-0.05, 0) is 124 Å². The van der Waals surface area contributed by atoms with Crippen LogP contribution in [0.2, 0.25) is 0 Å². The summed E-state index contributed by atoms with van der Waals surface area (Å²) in [5.41, 5.74) is 15.7. The average Bonchev–Trinajstić information content (AvgIpc) is 3.88. The van der Waals surface area contributed by atoms with Crippen LogP contribution in [0.25, 0.3) is 56.5 Å². The summed E-state index contributed by atoms with van der Waals surface area (Å²) < 4.78 is 0. The van der Waals surface area contributed by atoms with Gasteiger partial charge in [0.15, 0.2) is 0 Å². The standard InChI is InChI=1S/C50H68N6O2/c1-11-17-25-55(26-18-12-2)49(57)23-21-39-35(9)42-29-41-33(7)37(15-5)45(51-41)30-43-34(8)38(16-6)46(52-43)31-44-36(10)40(48(54-44)32-47(39)53-42)22-24-50(58)56(27-19-13-3)28-20-14-4/h15-16,29-32,51-52H,5-6,11-14,17-28H2,1-4,7-10H3. The molecule has 8 heteroatoms. The smallest absolute Gasteiger partial charge is 0.222 e. The lowest BCUT2D eigenvalue weighted by Gasteiger charge is -2.23. The molecule has 2 amide bonds. The van der Waals surface area contributed by atoms with E-state index < -0.39 is 0 Å². The summed E-state index contributed by atoms with van der Waals surface area (Å²) in [7, 11) is 0. The second kappa shape index (κ2) is 20.6. The van der Waals surface area contributed by atoms with Crippen molar-refractivity contribution in [2.45, 2.75) is 132 Å². The summed E-state index contributed by atoms with van der Waals surface area (Å²) >= 11 is 0. The van der Waals surface area contributed by atoms with Crippen molar-refractivity contribution in [1.29, 1.82) is 0 Å². The number of allylic oxidation sites excluding steroid dienone is 4. The quantitative estimate of drug-likeness (QED) is 0.119. The van der Waals surface area contributed by atoms with E-state index in [2.05, 4.69) is 113 Å². The molecular formula is C50H68N6O2. The van der Waals surface area contributed by atoms with Gasteiger partial charge in [-0.3, -0.25) is 9.59 Å². The van der Waals surface area contributed by atoms with Crippen LogP contribution >= 0.6 is 0 Å². The highest BCUT2D eigenvalue weighted by Gasteiger charge is 2.24. The molecule has 0 radical (unpaired) electrons. The topological polar surface area (TPSA) is 98.0 Å². The number of hydrogen-bond donors (Lipinski definition) is 2. The van der Waals surface area contributed by atoms with Gasteiger partial charge in [0.05, 0.1) is 22.8 Å². The summed E-state index contributed by atoms with van der Waals surface area (Å²) in [6.45, 7) is 28.7. The largest absolute Gasteiger partial charge is 0.355 e. The van der Waals surface area contributed by atoms with Crippen LogP contribution in [0.5, 0.6) is 0 Å². The zero-order valence-electron chi connectivity index (χ0n) is 36.8. The van der Waals surface area contributed by atoms with Gasteiger partial charge in [-0.1, -0.05) is 78.7 Å². The van der Waals surface area contributed by atoms with Crippen molar-refractivity contribution in [3.63, 3.8) is 0 Å². The van der Waals surface area contributed by atoms with E-state index >= 15 is 0 Å². The summed E-state index contributed by atoms with van der Waals surface area (Å²) in [5.74, 6) is 0.390. The highest BCUT2D eigenvalue weighted by atomic mass is 16.2. The van der Waals surface area contributed by atoms with Crippen molar-refractivity contribution < 1.29 is 9.59 Å². The maximum atomic E-state index is 13.8. The Bertz CT molecular complexity index is 2210. The first-order chi connectivity index (χ1) is 28.0. The molecule has 2 aliphatic rings. The molecule has 2 aliphatic heterocycles. The van der Waals surface area contributed by atoms with Crippen LogP contribution in [0, 0.1) is 13.8 Å². The van der Waals surface area contributed by atoms with E-state index in [-0.39, 0.29) is 11.8 Å². The van der Waals surface area contributed by atoms with Crippen molar-refractivity contribution >= 4 is 68.3 Å². The van der Waals surface area contributed by atoms with Gasteiger partial charge in [-0.15, -0.1) is 0 Å². The molecule has 58 heavy (non-hydrogen) atoms. The molecule has 310 valence electrons. The van der Waals surface area contributed by atoms with Crippen molar-refractivity contribution in [3.05, 3.63) is 82.5 Å². The normalized spacial score (nSPS) is 12.7. The first kappa shape index (κ1) is 44.1. The summed E-state index contributed by atoms with van der Waals surface area (Å²) in [4.78, 5) is 49.7. The SMILES string of the molecule is C=Cc1c(C)c2cc3[nH]c(cc4nc(cc5nc(cc1[nH]2)C(C)=C5CCC(=O)N(CCCC)CCCC)C(CCC(=O)N(CCCC)CCCC)=C4C)c(C)c3C=C. The van der Waals surface area contributed by atoms with Crippen LogP contribution in [0.3, 0.4) is 0 Å². The van der Waals surface area contributed by atoms with Crippen LogP contribution < -0.4 is 0 Å². The van der Waals surface area contributed by atoms with Gasteiger partial charge < -0.3 is 19.8 Å². The summed E-state index contributed by atoms with van der Waals surface area (Å²) in [5, 5.41) is 0. The maximum absolute atomic E-state index is 13.8. The molecule has 0 unspecified atom stereocenters. The zero-order valence-corrected chi connectivity index (χ0v) is 36.8. The second-order valence-electron chi connectivity index (χ2n) is 16.1. The monoisotopic (exact) mass is 785 g/mol. The number of H-pyrrole nitrogens is 2. The molecule has 2 N–H and O–H groups in total. The van der Waals surface area contributed by atoms with E-state index in [4.69, 9.17) is 9.97 Å². The van der Waals surface area contributed by atoms with Gasteiger partial charge in [-0.2, -0.15) is 0 Å². The van der Waals surface area contributed by atoms with E-state index in [1.165, 1.54) is 0 Å². The fourth-order valence-electron chi connectivity index (χ4n) is 8.20. The Hall–Kier alpha value is -4.98. The predicted octanol–water partition coefficient (Wildman–Crippen LogP) is 12.5. The third-order valence-electron chi connectivity index (χ3n) is 12.1. The van der Waals surface area contributed by atoms with E-state index in [1.54, 1.807) is 0 Å². The lowest BCUT2D eigenvalue weighted by molar-refractivity contribution is -0.132. The van der Waals surface area contributed by atoms with Crippen LogP contribution in [-0.2, 0) is 9.59 Å². The molecule has 0 saturated heterocycles. The Morgan fingerprint density at radius 3 is 1.29 bits per heavy atom. The Morgan fingerprint density at radius 2 is 0.914 bits per heavy atom. The van der Waals surface area contributed by atoms with Crippen molar-refractivity contribution in [1.82, 2.24) is 29.7 Å². The van der Waals surface area contributed by atoms with E-state index in [9.17, 15) is 9.59 Å². The Morgan fingerprint density at radius 1 is 0.552 bits per heavy atom. The molecule has 0 spiro atoms. The molecule has 0 atom stereocenters. The van der Waals surface area contributed by atoms with Gasteiger partial charge >= 0.3 is 0 Å². The number of nitrogens with zero attached hydrogens (tertiary/aromatic N) is 4. The number of nitrogens with one attached hydrogen (secondary N) is 2. The Kier molecular flexibility index (Phi) is 15.7. The molecular weight excluding hydrogens is 717 g/mol. The molecule has 8 bridgehead atoms. The van der Waals surface area contributed by atoms with Crippen LogP contribution in [0.15, 0.2) is 37.4 Å². The summed E-state index contributed by atoms with van der Waals surface area (Å²) in [6.07, 6.45) is 14.0. The Balaban J connectivity index is 1.71. The second-order valence-corrected chi connectivity index (χ2v) is 16.1. The predicted molar refractivity (Wildman–Crippen MR) is 247 cm³/mol. The molecule has 8 nitrogen and oxygen atoms in total. The van der Waals surface area contributed by atoms with E-state index in [1.807, 2.05) is 12.2 Å². The van der Waals surface area contributed by atoms with Crippen LogP contribution in [0.1, 0.15) is 164 Å². The van der Waals surface area contributed by atoms with Crippen molar-refractivity contribution in [2.24, 2.45) is 0 Å².